The van der Waals surface area contributed by atoms with E-state index in [9.17, 15) is 18.1 Å². The molecule has 2 aromatic carbocycles. The van der Waals surface area contributed by atoms with E-state index in [1.807, 2.05) is 0 Å². The summed E-state index contributed by atoms with van der Waals surface area (Å²) in [5.74, 6) is 0.582. The Morgan fingerprint density at radius 2 is 1.58 bits per heavy atom. The Labute approximate surface area is 177 Å². The van der Waals surface area contributed by atoms with Gasteiger partial charge in [0.15, 0.2) is 0 Å². The summed E-state index contributed by atoms with van der Waals surface area (Å²) in [6.07, 6.45) is 5.92. The Morgan fingerprint density at radius 3 is 2.19 bits per heavy atom. The molecule has 5 nitrogen and oxygen atoms in total. The topological polar surface area (TPSA) is 86.7 Å². The first-order valence-corrected chi connectivity index (χ1v) is 9.89. The van der Waals surface area contributed by atoms with Crippen molar-refractivity contribution in [3.63, 3.8) is 0 Å². The second-order valence-corrected chi connectivity index (χ2v) is 7.37. The third kappa shape index (κ3) is 7.29. The van der Waals surface area contributed by atoms with Gasteiger partial charge in [-0.2, -0.15) is 8.42 Å². The van der Waals surface area contributed by atoms with Crippen LogP contribution < -0.4 is 39.4 Å². The average Bonchev–Trinajstić information content (AvgIpc) is 2.57. The number of hydrogen-bond acceptors (Lipinski definition) is 4. The maximum absolute atomic E-state index is 11.7. The van der Waals surface area contributed by atoms with Crippen LogP contribution in [0.1, 0.15) is 44.6 Å². The van der Waals surface area contributed by atoms with E-state index in [2.05, 4.69) is 6.92 Å². The number of rotatable bonds is 9. The minimum atomic E-state index is -4.33. The van der Waals surface area contributed by atoms with Crippen molar-refractivity contribution in [1.29, 1.82) is 0 Å². The van der Waals surface area contributed by atoms with Crippen molar-refractivity contribution < 1.29 is 52.4 Å². The molecule has 0 unspecified atom stereocenters. The van der Waals surface area contributed by atoms with E-state index in [-0.39, 0.29) is 40.2 Å². The molecule has 0 fully saturated rings. The summed E-state index contributed by atoms with van der Waals surface area (Å²) in [7, 11) is -4.33. The van der Waals surface area contributed by atoms with Gasteiger partial charge in [0.25, 0.3) is 10.1 Å². The quantitative estimate of drug-likeness (QED) is 0.399. The summed E-state index contributed by atoms with van der Waals surface area (Å²) in [5, 5.41) is 11.1. The zero-order chi connectivity index (χ0) is 18.3. The molecule has 136 valence electrons. The van der Waals surface area contributed by atoms with Gasteiger partial charge in [0, 0.05) is 6.07 Å². The fraction of sp³-hybridized carbons (Fsp3) is 0.368. The monoisotopic (exact) mass is 386 g/mol. The SMILES string of the molecule is CCCCCCCc1ccc(Oc2ccc([O-])cc2)cc1S(=O)(=O)O.[Na+]. The predicted molar refractivity (Wildman–Crippen MR) is 94.7 cm³/mol. The number of unbranched alkanes of at least 4 members (excludes halogenated alkanes) is 4. The summed E-state index contributed by atoms with van der Waals surface area (Å²) >= 11 is 0. The molecule has 0 aliphatic heterocycles. The second kappa shape index (κ2) is 10.9. The third-order valence-corrected chi connectivity index (χ3v) is 4.86. The molecule has 0 aliphatic rings. The molecule has 0 spiro atoms. The summed E-state index contributed by atoms with van der Waals surface area (Å²) in [6.45, 7) is 2.14. The molecule has 0 saturated heterocycles. The van der Waals surface area contributed by atoms with E-state index in [4.69, 9.17) is 4.74 Å². The van der Waals surface area contributed by atoms with E-state index in [1.54, 1.807) is 12.1 Å². The van der Waals surface area contributed by atoms with Crippen LogP contribution in [0.5, 0.6) is 17.2 Å². The van der Waals surface area contributed by atoms with Gasteiger partial charge in [-0.3, -0.25) is 4.55 Å². The van der Waals surface area contributed by atoms with E-state index >= 15 is 0 Å². The van der Waals surface area contributed by atoms with Crippen molar-refractivity contribution in [3.8, 4) is 17.2 Å². The van der Waals surface area contributed by atoms with E-state index in [0.29, 0.717) is 23.5 Å². The predicted octanol–water partition coefficient (Wildman–Crippen LogP) is 1.32. The Balaban J connectivity index is 0.00000338. The van der Waals surface area contributed by atoms with Crippen LogP contribution in [0.3, 0.4) is 0 Å². The van der Waals surface area contributed by atoms with E-state index in [0.717, 1.165) is 25.7 Å². The van der Waals surface area contributed by atoms with Crippen LogP contribution >= 0.6 is 0 Å². The molecule has 7 heteroatoms. The van der Waals surface area contributed by atoms with Gasteiger partial charge in [0.05, 0.1) is 0 Å². The number of hydrogen-bond donors (Lipinski definition) is 1. The normalized spacial score (nSPS) is 11.0. The third-order valence-electron chi connectivity index (χ3n) is 3.93. The van der Waals surface area contributed by atoms with Crippen LogP contribution in [0.4, 0.5) is 0 Å². The van der Waals surface area contributed by atoms with Crippen molar-refractivity contribution in [1.82, 2.24) is 0 Å². The summed E-state index contributed by atoms with van der Waals surface area (Å²) < 4.78 is 38.5. The van der Waals surface area contributed by atoms with Crippen LogP contribution in [0, 0.1) is 0 Å². The molecular weight excluding hydrogens is 363 g/mol. The second-order valence-electron chi connectivity index (χ2n) is 5.98. The minimum Gasteiger partial charge on any atom is -0.872 e. The largest absolute Gasteiger partial charge is 1.00 e. The standard InChI is InChI=1S/C19H24O5S.Na/c1-2-3-4-5-6-7-15-8-11-18(14-19(15)25(21,22)23)24-17-12-9-16(20)10-13-17;/h8-14,20H,2-7H2,1H3,(H,21,22,23);/q;+1/p-1. The fourth-order valence-corrected chi connectivity index (χ4v) is 3.37. The van der Waals surface area contributed by atoms with Crippen molar-refractivity contribution in [2.75, 3.05) is 0 Å². The molecule has 0 aliphatic carbocycles. The Hall–Kier alpha value is -1.05. The molecule has 0 saturated carbocycles. The van der Waals surface area contributed by atoms with Crippen molar-refractivity contribution in [2.24, 2.45) is 0 Å². The maximum Gasteiger partial charge on any atom is 1.00 e. The van der Waals surface area contributed by atoms with Crippen molar-refractivity contribution >= 4 is 10.1 Å². The van der Waals surface area contributed by atoms with Gasteiger partial charge in [-0.15, -0.1) is 5.75 Å². The molecule has 2 rings (SSSR count). The average molecular weight is 386 g/mol. The summed E-state index contributed by atoms with van der Waals surface area (Å²) in [6, 6.07) is 10.4. The molecule has 0 heterocycles. The Morgan fingerprint density at radius 1 is 0.962 bits per heavy atom. The van der Waals surface area contributed by atoms with Crippen LogP contribution in [-0.4, -0.2) is 13.0 Å². The molecule has 26 heavy (non-hydrogen) atoms. The molecule has 2 aromatic rings. The van der Waals surface area contributed by atoms with Crippen LogP contribution in [0.2, 0.25) is 0 Å². The van der Waals surface area contributed by atoms with Crippen molar-refractivity contribution in [3.05, 3.63) is 48.0 Å². The van der Waals surface area contributed by atoms with Crippen LogP contribution in [-0.2, 0) is 16.5 Å². The molecule has 0 radical (unpaired) electrons. The van der Waals surface area contributed by atoms with Crippen molar-refractivity contribution in [2.45, 2.75) is 50.3 Å². The number of benzene rings is 2. The zero-order valence-corrected chi connectivity index (χ0v) is 18.1. The first-order chi connectivity index (χ1) is 11.9. The fourth-order valence-electron chi connectivity index (χ4n) is 2.61. The molecule has 1 N–H and O–H groups in total. The number of ether oxygens (including phenoxy) is 1. The van der Waals surface area contributed by atoms with Gasteiger partial charge in [0.1, 0.15) is 16.4 Å². The Kier molecular flexibility index (Phi) is 9.68. The van der Waals surface area contributed by atoms with Gasteiger partial charge in [-0.25, -0.2) is 0 Å². The van der Waals surface area contributed by atoms with Gasteiger partial charge >= 0.3 is 29.6 Å². The van der Waals surface area contributed by atoms with Gasteiger partial charge < -0.3 is 9.84 Å². The minimum absolute atomic E-state index is 0. The molecular formula is C19H23NaO5S. The zero-order valence-electron chi connectivity index (χ0n) is 15.3. The smallest absolute Gasteiger partial charge is 0.872 e. The first-order valence-electron chi connectivity index (χ1n) is 8.45. The molecule has 0 aromatic heterocycles. The maximum atomic E-state index is 11.7. The summed E-state index contributed by atoms with van der Waals surface area (Å²) in [5.41, 5.74) is 0.584. The van der Waals surface area contributed by atoms with E-state index < -0.39 is 10.1 Å². The molecule has 0 bridgehead atoms. The summed E-state index contributed by atoms with van der Waals surface area (Å²) in [4.78, 5) is -0.124. The van der Waals surface area contributed by atoms with E-state index in [1.165, 1.54) is 36.8 Å². The van der Waals surface area contributed by atoms with Crippen LogP contribution in [0.15, 0.2) is 47.4 Å². The Bertz CT molecular complexity index is 788. The van der Waals surface area contributed by atoms with Crippen LogP contribution in [0.25, 0.3) is 0 Å². The van der Waals surface area contributed by atoms with Gasteiger partial charge in [0.2, 0.25) is 0 Å². The number of aryl methyl sites for hydroxylation is 1. The van der Waals surface area contributed by atoms with Gasteiger partial charge in [-0.05, 0) is 36.6 Å². The van der Waals surface area contributed by atoms with Gasteiger partial charge in [-0.1, -0.05) is 50.8 Å². The first kappa shape index (κ1) is 23.0. The molecule has 0 amide bonds. The molecule has 0 atom stereocenters.